The number of ether oxygens (including phenoxy) is 1. The number of aryl methyl sites for hydroxylation is 1. The molecule has 0 aliphatic carbocycles. The van der Waals surface area contributed by atoms with Crippen molar-refractivity contribution in [2.45, 2.75) is 19.7 Å². The molecule has 11 heteroatoms. The minimum absolute atomic E-state index is 0.104. The molecule has 1 amide bonds. The molecule has 3 aromatic rings. The average Bonchev–Trinajstić information content (AvgIpc) is 3.36. The van der Waals surface area contributed by atoms with Crippen LogP contribution < -0.4 is 16.1 Å². The number of rotatable bonds is 4. The van der Waals surface area contributed by atoms with Crippen LogP contribution in [-0.4, -0.2) is 49.6 Å². The Labute approximate surface area is 177 Å². The van der Waals surface area contributed by atoms with Crippen molar-refractivity contribution in [3.8, 4) is 0 Å². The molecular weight excluding hydrogens is 402 g/mol. The monoisotopic (exact) mass is 425 g/mol. The summed E-state index contributed by atoms with van der Waals surface area (Å²) in [6, 6.07) is 7.64. The third-order valence-corrected chi connectivity index (χ3v) is 5.22. The summed E-state index contributed by atoms with van der Waals surface area (Å²) in [6.07, 6.45) is 0.754. The standard InChI is InChI=1S/C20H23N7O4/c1-12(28)27-19(13-6-8-14(9-7-13)23(2)3)31-15(22-27)10-26-11-21-16-17(26)24(4)20(30)25(5)18(16)29/h6-9,11,19H,10H2,1-5H3/t19-/m1/s1. The molecule has 2 aromatic heterocycles. The van der Waals surface area contributed by atoms with Crippen molar-refractivity contribution < 1.29 is 9.53 Å². The van der Waals surface area contributed by atoms with Crippen LogP contribution in [0.25, 0.3) is 11.2 Å². The third kappa shape index (κ3) is 3.37. The number of anilines is 1. The summed E-state index contributed by atoms with van der Waals surface area (Å²) in [6.45, 7) is 1.52. The van der Waals surface area contributed by atoms with E-state index < -0.39 is 17.5 Å². The van der Waals surface area contributed by atoms with E-state index >= 15 is 0 Å². The van der Waals surface area contributed by atoms with Crippen molar-refractivity contribution >= 4 is 28.7 Å². The van der Waals surface area contributed by atoms with E-state index in [4.69, 9.17) is 4.74 Å². The maximum absolute atomic E-state index is 12.4. The van der Waals surface area contributed by atoms with Crippen molar-refractivity contribution in [1.29, 1.82) is 0 Å². The summed E-state index contributed by atoms with van der Waals surface area (Å²) in [5.74, 6) is -0.00208. The Morgan fingerprint density at radius 3 is 2.42 bits per heavy atom. The number of amides is 1. The highest BCUT2D eigenvalue weighted by Gasteiger charge is 2.33. The first kappa shape index (κ1) is 20.4. The summed E-state index contributed by atoms with van der Waals surface area (Å²) in [5, 5.41) is 5.60. The Balaban J connectivity index is 1.67. The molecule has 1 aliphatic rings. The van der Waals surface area contributed by atoms with Gasteiger partial charge in [0.05, 0.1) is 6.33 Å². The number of imidazole rings is 1. The quantitative estimate of drug-likeness (QED) is 0.599. The maximum atomic E-state index is 12.4. The molecular formula is C20H23N7O4. The second-order valence-corrected chi connectivity index (χ2v) is 7.56. The van der Waals surface area contributed by atoms with E-state index in [1.165, 1.54) is 29.9 Å². The highest BCUT2D eigenvalue weighted by Crippen LogP contribution is 2.30. The number of carbonyl (C=O) groups is 1. The lowest BCUT2D eigenvalue weighted by Crippen LogP contribution is -2.37. The fraction of sp³-hybridized carbons (Fsp3) is 0.350. The lowest BCUT2D eigenvalue weighted by molar-refractivity contribution is -0.135. The second kappa shape index (κ2) is 7.42. The number of aromatic nitrogens is 4. The Kier molecular flexibility index (Phi) is 4.88. The van der Waals surface area contributed by atoms with Gasteiger partial charge in [-0.05, 0) is 12.1 Å². The van der Waals surface area contributed by atoms with Gasteiger partial charge in [-0.15, -0.1) is 5.10 Å². The van der Waals surface area contributed by atoms with Gasteiger partial charge >= 0.3 is 5.69 Å². The molecule has 1 aromatic carbocycles. The lowest BCUT2D eigenvalue weighted by atomic mass is 10.1. The first-order valence-corrected chi connectivity index (χ1v) is 9.61. The molecule has 0 fully saturated rings. The van der Waals surface area contributed by atoms with E-state index in [2.05, 4.69) is 10.1 Å². The van der Waals surface area contributed by atoms with Crippen molar-refractivity contribution in [2.75, 3.05) is 19.0 Å². The molecule has 31 heavy (non-hydrogen) atoms. The fourth-order valence-corrected chi connectivity index (χ4v) is 3.53. The van der Waals surface area contributed by atoms with Crippen LogP contribution >= 0.6 is 0 Å². The van der Waals surface area contributed by atoms with Crippen molar-refractivity contribution in [3.05, 3.63) is 57.0 Å². The minimum Gasteiger partial charge on any atom is -0.448 e. The lowest BCUT2D eigenvalue weighted by Gasteiger charge is -2.20. The Morgan fingerprint density at radius 1 is 1.13 bits per heavy atom. The SMILES string of the molecule is CC(=O)N1N=C(Cn2cnc3c(=O)n(C)c(=O)n(C)c32)O[C@@H]1c1ccc(N(C)C)cc1. The topological polar surface area (TPSA) is 107 Å². The summed E-state index contributed by atoms with van der Waals surface area (Å²) in [5.41, 5.74) is 1.38. The number of hydrogen-bond donors (Lipinski definition) is 0. The first-order valence-electron chi connectivity index (χ1n) is 9.61. The molecule has 0 unspecified atom stereocenters. The van der Waals surface area contributed by atoms with Gasteiger partial charge in [0.15, 0.2) is 5.52 Å². The molecule has 0 N–H and O–H groups in total. The van der Waals surface area contributed by atoms with Gasteiger partial charge in [0, 0.05) is 46.4 Å². The van der Waals surface area contributed by atoms with Crippen LogP contribution in [0, 0.1) is 0 Å². The molecule has 3 heterocycles. The van der Waals surface area contributed by atoms with Gasteiger partial charge in [-0.2, -0.15) is 5.01 Å². The van der Waals surface area contributed by atoms with Gasteiger partial charge in [-0.1, -0.05) is 12.1 Å². The highest BCUT2D eigenvalue weighted by molar-refractivity contribution is 5.83. The highest BCUT2D eigenvalue weighted by atomic mass is 16.5. The van der Waals surface area contributed by atoms with E-state index in [0.717, 1.165) is 15.8 Å². The van der Waals surface area contributed by atoms with E-state index in [1.54, 1.807) is 11.6 Å². The molecule has 11 nitrogen and oxygen atoms in total. The van der Waals surface area contributed by atoms with Gasteiger partial charge in [0.2, 0.25) is 18.0 Å². The summed E-state index contributed by atoms with van der Waals surface area (Å²) in [7, 11) is 6.86. The zero-order chi connectivity index (χ0) is 22.4. The van der Waals surface area contributed by atoms with Crippen LogP contribution in [0.5, 0.6) is 0 Å². The van der Waals surface area contributed by atoms with Gasteiger partial charge in [-0.25, -0.2) is 9.78 Å². The number of fused-ring (bicyclic) bond motifs is 1. The van der Waals surface area contributed by atoms with Gasteiger partial charge in [0.25, 0.3) is 5.56 Å². The zero-order valence-electron chi connectivity index (χ0n) is 17.9. The van der Waals surface area contributed by atoms with Crippen LogP contribution in [0.3, 0.4) is 0 Å². The Hall–Kier alpha value is -3.89. The normalized spacial score (nSPS) is 15.8. The van der Waals surface area contributed by atoms with Gasteiger partial charge in [-0.3, -0.25) is 18.7 Å². The number of hydrogen-bond acceptors (Lipinski definition) is 7. The second-order valence-electron chi connectivity index (χ2n) is 7.56. The first-order chi connectivity index (χ1) is 14.7. The van der Waals surface area contributed by atoms with E-state index in [-0.39, 0.29) is 23.9 Å². The smallest absolute Gasteiger partial charge is 0.332 e. The number of benzene rings is 1. The summed E-state index contributed by atoms with van der Waals surface area (Å²) >= 11 is 0. The predicted octanol–water partition coefficient (Wildman–Crippen LogP) is 0.391. The van der Waals surface area contributed by atoms with Crippen molar-refractivity contribution in [1.82, 2.24) is 23.7 Å². The average molecular weight is 425 g/mol. The minimum atomic E-state index is -0.699. The zero-order valence-corrected chi connectivity index (χ0v) is 17.9. The molecule has 0 radical (unpaired) electrons. The van der Waals surface area contributed by atoms with Gasteiger partial charge < -0.3 is 14.2 Å². The molecule has 162 valence electrons. The number of hydrazone groups is 1. The van der Waals surface area contributed by atoms with Crippen LogP contribution in [0.1, 0.15) is 18.7 Å². The van der Waals surface area contributed by atoms with Gasteiger partial charge in [0.1, 0.15) is 12.2 Å². The van der Waals surface area contributed by atoms with Crippen LogP contribution in [0.4, 0.5) is 5.69 Å². The Morgan fingerprint density at radius 2 is 1.81 bits per heavy atom. The molecule has 0 saturated carbocycles. The van der Waals surface area contributed by atoms with E-state index in [0.29, 0.717) is 5.65 Å². The number of nitrogens with zero attached hydrogens (tertiary/aromatic N) is 7. The maximum Gasteiger partial charge on any atom is 0.332 e. The van der Waals surface area contributed by atoms with Crippen molar-refractivity contribution in [2.24, 2.45) is 19.2 Å². The predicted molar refractivity (Wildman–Crippen MR) is 115 cm³/mol. The molecule has 1 aliphatic heterocycles. The number of carbonyl (C=O) groups excluding carboxylic acids is 1. The molecule has 4 rings (SSSR count). The van der Waals surface area contributed by atoms with E-state index in [1.807, 2.05) is 43.3 Å². The summed E-state index contributed by atoms with van der Waals surface area (Å²) in [4.78, 5) is 43.0. The summed E-state index contributed by atoms with van der Waals surface area (Å²) < 4.78 is 9.95. The van der Waals surface area contributed by atoms with Crippen LogP contribution in [0.2, 0.25) is 0 Å². The largest absolute Gasteiger partial charge is 0.448 e. The molecule has 0 bridgehead atoms. The third-order valence-electron chi connectivity index (χ3n) is 5.22. The van der Waals surface area contributed by atoms with E-state index in [9.17, 15) is 14.4 Å². The molecule has 0 saturated heterocycles. The molecule has 1 atom stereocenters. The van der Waals surface area contributed by atoms with Crippen LogP contribution in [0.15, 0.2) is 45.3 Å². The Bertz CT molecular complexity index is 1310. The molecule has 0 spiro atoms. The van der Waals surface area contributed by atoms with Crippen molar-refractivity contribution in [3.63, 3.8) is 0 Å². The fourth-order valence-electron chi connectivity index (χ4n) is 3.53. The van der Waals surface area contributed by atoms with Crippen LogP contribution in [-0.2, 0) is 30.2 Å².